The number of benzene rings is 1. The molecule has 0 atom stereocenters. The van der Waals surface area contributed by atoms with E-state index in [0.29, 0.717) is 32.7 Å². The van der Waals surface area contributed by atoms with E-state index in [9.17, 15) is 14.9 Å². The standard InChI is InChI=1S/C31H46N4O5/c1-5-7-25(9-8-24(3)4)23-40-28-14-17-33(18-15-28)19-16-31(36)34-20-12-26(13-21-34)32-27-10-11-29(35(37)38)30(22-27)39-6-2/h5,7-11,22,26,28,32H,6,12-21,23H2,1-4H3/b7-5-,25-9+. The second-order valence-corrected chi connectivity index (χ2v) is 10.8. The fourth-order valence-corrected chi connectivity index (χ4v) is 5.10. The molecule has 2 aliphatic heterocycles. The molecule has 2 fully saturated rings. The summed E-state index contributed by atoms with van der Waals surface area (Å²) in [4.78, 5) is 28.0. The van der Waals surface area contributed by atoms with Crippen LogP contribution in [0.3, 0.4) is 0 Å². The Labute approximate surface area is 239 Å². The zero-order valence-corrected chi connectivity index (χ0v) is 24.6. The van der Waals surface area contributed by atoms with Gasteiger partial charge in [0.15, 0.2) is 5.75 Å². The maximum Gasteiger partial charge on any atom is 0.311 e. The van der Waals surface area contributed by atoms with E-state index >= 15 is 0 Å². The summed E-state index contributed by atoms with van der Waals surface area (Å²) < 4.78 is 11.6. The molecule has 0 aliphatic carbocycles. The second-order valence-electron chi connectivity index (χ2n) is 10.8. The first kappa shape index (κ1) is 31.4. The van der Waals surface area contributed by atoms with Crippen LogP contribution < -0.4 is 10.1 Å². The van der Waals surface area contributed by atoms with Gasteiger partial charge in [0.25, 0.3) is 0 Å². The minimum absolute atomic E-state index is 0.0320. The van der Waals surface area contributed by atoms with Crippen molar-refractivity contribution in [1.82, 2.24) is 9.80 Å². The van der Waals surface area contributed by atoms with Crippen molar-refractivity contribution in [2.45, 2.75) is 71.9 Å². The molecule has 2 heterocycles. The Kier molecular flexibility index (Phi) is 12.7. The lowest BCUT2D eigenvalue weighted by molar-refractivity contribution is -0.385. The molecule has 1 aromatic carbocycles. The largest absolute Gasteiger partial charge is 0.487 e. The fraction of sp³-hybridized carbons (Fsp3) is 0.581. The fourth-order valence-electron chi connectivity index (χ4n) is 5.10. The van der Waals surface area contributed by atoms with Gasteiger partial charge in [0.2, 0.25) is 5.91 Å². The first-order valence-corrected chi connectivity index (χ1v) is 14.5. The lowest BCUT2D eigenvalue weighted by Gasteiger charge is -2.35. The van der Waals surface area contributed by atoms with Crippen LogP contribution >= 0.6 is 0 Å². The highest BCUT2D eigenvalue weighted by molar-refractivity contribution is 5.76. The van der Waals surface area contributed by atoms with Crippen LogP contribution in [0.1, 0.15) is 59.8 Å². The van der Waals surface area contributed by atoms with Crippen LogP contribution in [-0.4, -0.2) is 78.7 Å². The lowest BCUT2D eigenvalue weighted by atomic mass is 10.0. The smallest absolute Gasteiger partial charge is 0.311 e. The van der Waals surface area contributed by atoms with Crippen LogP contribution in [0.25, 0.3) is 0 Å². The molecule has 3 rings (SSSR count). The van der Waals surface area contributed by atoms with Crippen molar-refractivity contribution >= 4 is 17.3 Å². The quantitative estimate of drug-likeness (QED) is 0.189. The van der Waals surface area contributed by atoms with E-state index in [2.05, 4.69) is 42.3 Å². The number of rotatable bonds is 13. The van der Waals surface area contributed by atoms with Gasteiger partial charge in [-0.25, -0.2) is 0 Å². The molecule has 40 heavy (non-hydrogen) atoms. The van der Waals surface area contributed by atoms with Gasteiger partial charge in [-0.3, -0.25) is 14.9 Å². The molecular weight excluding hydrogens is 508 g/mol. The first-order chi connectivity index (χ1) is 19.3. The maximum absolute atomic E-state index is 12.9. The Balaban J connectivity index is 1.36. The van der Waals surface area contributed by atoms with Crippen LogP contribution in [0, 0.1) is 10.1 Å². The first-order valence-electron chi connectivity index (χ1n) is 14.5. The predicted octanol–water partition coefficient (Wildman–Crippen LogP) is 5.74. The van der Waals surface area contributed by atoms with E-state index in [1.165, 1.54) is 17.2 Å². The third-order valence-electron chi connectivity index (χ3n) is 7.35. The number of hydrogen-bond donors (Lipinski definition) is 1. The zero-order chi connectivity index (χ0) is 28.9. The summed E-state index contributed by atoms with van der Waals surface area (Å²) in [7, 11) is 0. The molecule has 0 saturated carbocycles. The Morgan fingerprint density at radius 3 is 2.48 bits per heavy atom. The molecule has 1 aromatic rings. The highest BCUT2D eigenvalue weighted by Gasteiger charge is 2.25. The van der Waals surface area contributed by atoms with Gasteiger partial charge in [-0.15, -0.1) is 0 Å². The number of ether oxygens (including phenoxy) is 2. The van der Waals surface area contributed by atoms with Crippen LogP contribution in [-0.2, 0) is 9.53 Å². The second kappa shape index (κ2) is 16.2. The number of amides is 1. The summed E-state index contributed by atoms with van der Waals surface area (Å²) in [5, 5.41) is 14.7. The Morgan fingerprint density at radius 1 is 1.12 bits per heavy atom. The monoisotopic (exact) mass is 554 g/mol. The van der Waals surface area contributed by atoms with Crippen LogP contribution in [0.4, 0.5) is 11.4 Å². The van der Waals surface area contributed by atoms with Gasteiger partial charge >= 0.3 is 5.69 Å². The minimum Gasteiger partial charge on any atom is -0.487 e. The number of hydrogen-bond acceptors (Lipinski definition) is 7. The van der Waals surface area contributed by atoms with Crippen molar-refractivity contribution in [3.8, 4) is 5.75 Å². The zero-order valence-electron chi connectivity index (χ0n) is 24.6. The molecule has 1 N–H and O–H groups in total. The summed E-state index contributed by atoms with van der Waals surface area (Å²) in [5.74, 6) is 0.488. The number of carbonyl (C=O) groups is 1. The van der Waals surface area contributed by atoms with Crippen LogP contribution in [0.2, 0.25) is 0 Å². The van der Waals surface area contributed by atoms with Gasteiger partial charge in [0.05, 0.1) is 24.2 Å². The van der Waals surface area contributed by atoms with Crippen LogP contribution in [0.5, 0.6) is 5.75 Å². The Morgan fingerprint density at radius 2 is 1.85 bits per heavy atom. The number of nitrogens with zero attached hydrogens (tertiary/aromatic N) is 3. The van der Waals surface area contributed by atoms with Gasteiger partial charge in [0.1, 0.15) is 0 Å². The molecular formula is C31H46N4O5. The highest BCUT2D eigenvalue weighted by atomic mass is 16.6. The molecule has 220 valence electrons. The molecule has 0 radical (unpaired) electrons. The van der Waals surface area contributed by atoms with Crippen molar-refractivity contribution in [3.63, 3.8) is 0 Å². The molecule has 9 nitrogen and oxygen atoms in total. The normalized spacial score (nSPS) is 17.7. The summed E-state index contributed by atoms with van der Waals surface area (Å²) in [5.41, 5.74) is 3.21. The number of anilines is 1. The predicted molar refractivity (Wildman–Crippen MR) is 160 cm³/mol. The van der Waals surface area contributed by atoms with Crippen molar-refractivity contribution in [2.75, 3.05) is 51.3 Å². The summed E-state index contributed by atoms with van der Waals surface area (Å²) >= 11 is 0. The van der Waals surface area contributed by atoms with Gasteiger partial charge in [-0.1, -0.05) is 29.9 Å². The van der Waals surface area contributed by atoms with E-state index in [-0.39, 0.29) is 29.5 Å². The topological polar surface area (TPSA) is 97.2 Å². The maximum atomic E-state index is 12.9. The van der Waals surface area contributed by atoms with Crippen LogP contribution in [0.15, 0.2) is 53.6 Å². The third kappa shape index (κ3) is 10.1. The molecule has 0 aromatic heterocycles. The molecule has 0 unspecified atom stereocenters. The average molecular weight is 555 g/mol. The van der Waals surface area contributed by atoms with Crippen molar-refractivity contribution in [1.29, 1.82) is 0 Å². The summed E-state index contributed by atoms with van der Waals surface area (Å²) in [6.45, 7) is 13.1. The summed E-state index contributed by atoms with van der Waals surface area (Å²) in [6, 6.07) is 5.10. The number of nitro benzene ring substituents is 1. The van der Waals surface area contributed by atoms with E-state index < -0.39 is 4.92 Å². The van der Waals surface area contributed by atoms with Gasteiger partial charge in [0, 0.05) is 63.0 Å². The lowest BCUT2D eigenvalue weighted by Crippen LogP contribution is -2.44. The van der Waals surface area contributed by atoms with E-state index in [0.717, 1.165) is 51.0 Å². The van der Waals surface area contributed by atoms with Gasteiger partial charge in [-0.05, 0) is 65.0 Å². The van der Waals surface area contributed by atoms with Gasteiger partial charge in [-0.2, -0.15) is 0 Å². The van der Waals surface area contributed by atoms with E-state index in [1.807, 2.05) is 17.9 Å². The molecule has 0 bridgehead atoms. The molecule has 1 amide bonds. The van der Waals surface area contributed by atoms with E-state index in [1.54, 1.807) is 19.1 Å². The van der Waals surface area contributed by atoms with Gasteiger partial charge < -0.3 is 24.6 Å². The Bertz CT molecular complexity index is 1060. The third-order valence-corrected chi connectivity index (χ3v) is 7.35. The molecule has 0 spiro atoms. The number of allylic oxidation sites excluding steroid dienone is 4. The number of likely N-dealkylation sites (tertiary alicyclic amines) is 2. The Hall–Kier alpha value is -3.17. The summed E-state index contributed by atoms with van der Waals surface area (Å²) in [6.07, 6.45) is 12.9. The number of piperidine rings is 2. The SMILES string of the molecule is C/C=C\C(=C/C=C(C)C)COC1CCN(CCC(=O)N2CCC(Nc3ccc([N+](=O)[O-])c(OCC)c3)CC2)CC1. The van der Waals surface area contributed by atoms with Crippen molar-refractivity contribution < 1.29 is 19.2 Å². The molecule has 9 heteroatoms. The average Bonchev–Trinajstić information content (AvgIpc) is 2.94. The molecule has 2 aliphatic rings. The van der Waals surface area contributed by atoms with E-state index in [4.69, 9.17) is 9.47 Å². The number of carbonyl (C=O) groups excluding carboxylic acids is 1. The highest BCUT2D eigenvalue weighted by Crippen LogP contribution is 2.31. The molecule has 2 saturated heterocycles. The number of nitrogens with one attached hydrogen (secondary N) is 1. The minimum atomic E-state index is -0.429. The van der Waals surface area contributed by atoms with Crippen molar-refractivity contribution in [2.24, 2.45) is 0 Å². The number of nitro groups is 1. The van der Waals surface area contributed by atoms with Crippen molar-refractivity contribution in [3.05, 3.63) is 63.8 Å².